The van der Waals surface area contributed by atoms with Crippen LogP contribution in [0.15, 0.2) is 24.3 Å². The monoisotopic (exact) mass is 753 g/mol. The third-order valence-corrected chi connectivity index (χ3v) is 25.6. The molecule has 0 aromatic carbocycles. The Morgan fingerprint density at radius 2 is 1.30 bits per heavy atom. The smallest absolute Gasteiger partial charge is 0.303 e. The molecule has 0 aliphatic heterocycles. The van der Waals surface area contributed by atoms with Crippen LogP contribution < -0.4 is 0 Å². The summed E-state index contributed by atoms with van der Waals surface area (Å²) in [7, 11) is -6.10. The first-order chi connectivity index (χ1) is 22.6. The van der Waals surface area contributed by atoms with E-state index in [0.717, 1.165) is 32.1 Å². The van der Waals surface area contributed by atoms with Gasteiger partial charge in [-0.15, -0.1) is 0 Å². The summed E-state index contributed by atoms with van der Waals surface area (Å²) < 4.78 is 26.6. The summed E-state index contributed by atoms with van der Waals surface area (Å²) in [6.07, 6.45) is 18.1. The number of rotatable bonds is 20. The molecule has 1 aliphatic rings. The minimum Gasteiger partial charge on any atom is -0.458 e. The summed E-state index contributed by atoms with van der Waals surface area (Å²) in [6, 6.07) is 0. The Bertz CT molecular complexity index is 1110. The Kier molecular flexibility index (Phi) is 18.4. The van der Waals surface area contributed by atoms with E-state index in [1.54, 1.807) is 0 Å². The van der Waals surface area contributed by atoms with Crippen molar-refractivity contribution in [2.45, 2.75) is 207 Å². The topological polar surface area (TPSA) is 71.1 Å². The number of carbonyl (C=O) groups excluding carboxylic acids is 2. The van der Waals surface area contributed by atoms with Gasteiger partial charge in [0.05, 0.1) is 18.3 Å². The molecule has 0 amide bonds. The van der Waals surface area contributed by atoms with Crippen molar-refractivity contribution in [1.29, 1.82) is 0 Å². The first-order valence-corrected chi connectivity index (χ1v) is 28.4. The van der Waals surface area contributed by atoms with Crippen molar-refractivity contribution in [2.24, 2.45) is 11.8 Å². The lowest BCUT2D eigenvalue weighted by Crippen LogP contribution is -2.45. The van der Waals surface area contributed by atoms with Gasteiger partial charge in [-0.2, -0.15) is 0 Å². The minimum absolute atomic E-state index is 0.0311. The highest BCUT2D eigenvalue weighted by Gasteiger charge is 2.50. The number of ether oxygens (including phenoxy) is 1. The van der Waals surface area contributed by atoms with Crippen LogP contribution in [0.4, 0.5) is 0 Å². The summed E-state index contributed by atoms with van der Waals surface area (Å²) in [6.45, 7) is 38.6. The van der Waals surface area contributed by atoms with Crippen LogP contribution in [-0.2, 0) is 27.6 Å². The Labute approximate surface area is 312 Å². The molecule has 0 spiro atoms. The van der Waals surface area contributed by atoms with E-state index in [9.17, 15) is 9.59 Å². The zero-order valence-electron chi connectivity index (χ0n) is 35.7. The van der Waals surface area contributed by atoms with Crippen LogP contribution in [0, 0.1) is 11.8 Å². The van der Waals surface area contributed by atoms with E-state index in [4.69, 9.17) is 18.0 Å². The fourth-order valence-corrected chi connectivity index (χ4v) is 9.72. The minimum atomic E-state index is -2.07. The SMILES string of the molecule is CCCCC[C@@H](/C=C/[C@@H]1[C@@H](C/C=C\CCCC(=O)COC(C)=O)[C@@H](O[Si](C)(C)C(C)(C)C)C[C@H]1O[Si](C)(C)C(C)(C)C)O[Si](C)(C)C(C)(C)C. The maximum atomic E-state index is 12.1. The molecule has 292 valence electrons. The van der Waals surface area contributed by atoms with Gasteiger partial charge in [0.15, 0.2) is 30.7 Å². The van der Waals surface area contributed by atoms with E-state index < -0.39 is 30.9 Å². The second kappa shape index (κ2) is 19.5. The average Bonchev–Trinajstić information content (AvgIpc) is 3.24. The maximum absolute atomic E-state index is 12.1. The highest BCUT2D eigenvalue weighted by molar-refractivity contribution is 6.75. The number of esters is 1. The molecular weight excluding hydrogens is 673 g/mol. The van der Waals surface area contributed by atoms with Crippen LogP contribution in [0.2, 0.25) is 54.4 Å². The predicted octanol–water partition coefficient (Wildman–Crippen LogP) is 12.2. The molecule has 0 aromatic rings. The third kappa shape index (κ3) is 15.2. The van der Waals surface area contributed by atoms with Gasteiger partial charge in [-0.1, -0.05) is 113 Å². The summed E-state index contributed by atoms with van der Waals surface area (Å²) in [5.74, 6) is 0.0470. The molecule has 0 N–H and O–H groups in total. The molecule has 1 rings (SSSR count). The van der Waals surface area contributed by atoms with Crippen molar-refractivity contribution in [3.05, 3.63) is 24.3 Å². The molecule has 1 aliphatic carbocycles. The van der Waals surface area contributed by atoms with Gasteiger partial charge in [-0.3, -0.25) is 9.59 Å². The average molecular weight is 753 g/mol. The van der Waals surface area contributed by atoms with Crippen LogP contribution >= 0.6 is 0 Å². The lowest BCUT2D eigenvalue weighted by atomic mass is 9.89. The van der Waals surface area contributed by atoms with Gasteiger partial charge in [-0.05, 0) is 92.4 Å². The first kappa shape index (κ1) is 47.2. The van der Waals surface area contributed by atoms with Gasteiger partial charge in [0.1, 0.15) is 6.61 Å². The molecule has 0 radical (unpaired) electrons. The molecule has 0 bridgehead atoms. The summed E-state index contributed by atoms with van der Waals surface area (Å²) in [5, 5.41) is 0.360. The Hall–Kier alpha value is -0.849. The molecular formula is C41H80O6Si3. The molecule has 5 atom stereocenters. The highest BCUT2D eigenvalue weighted by Crippen LogP contribution is 2.48. The number of Topliss-reactive ketones (excluding diaryl/α,β-unsaturated/α-hetero) is 1. The van der Waals surface area contributed by atoms with Crippen molar-refractivity contribution < 1.29 is 27.6 Å². The lowest BCUT2D eigenvalue weighted by Gasteiger charge is -2.40. The van der Waals surface area contributed by atoms with Crippen molar-refractivity contribution in [3.8, 4) is 0 Å². The molecule has 50 heavy (non-hydrogen) atoms. The lowest BCUT2D eigenvalue weighted by molar-refractivity contribution is -0.145. The van der Waals surface area contributed by atoms with E-state index in [0.29, 0.717) is 6.42 Å². The molecule has 0 aromatic heterocycles. The van der Waals surface area contributed by atoms with E-state index in [-0.39, 0.29) is 57.7 Å². The normalized spacial score (nSPS) is 22.1. The molecule has 1 fully saturated rings. The van der Waals surface area contributed by atoms with Gasteiger partial charge < -0.3 is 18.0 Å². The van der Waals surface area contributed by atoms with Crippen molar-refractivity contribution in [1.82, 2.24) is 0 Å². The highest BCUT2D eigenvalue weighted by atomic mass is 28.4. The number of unbranched alkanes of at least 4 members (excludes halogenated alkanes) is 3. The fourth-order valence-electron chi connectivity index (χ4n) is 5.67. The van der Waals surface area contributed by atoms with E-state index in [2.05, 4.69) is 133 Å². The van der Waals surface area contributed by atoms with E-state index in [1.807, 2.05) is 0 Å². The van der Waals surface area contributed by atoms with Gasteiger partial charge in [0.2, 0.25) is 0 Å². The molecule has 0 unspecified atom stereocenters. The number of ketones is 1. The molecule has 0 heterocycles. The Balaban J connectivity index is 3.53. The Morgan fingerprint density at radius 1 is 0.760 bits per heavy atom. The van der Waals surface area contributed by atoms with Crippen LogP contribution in [-0.4, -0.2) is 61.6 Å². The zero-order valence-corrected chi connectivity index (χ0v) is 38.7. The molecule has 0 saturated heterocycles. The first-order valence-electron chi connectivity index (χ1n) is 19.7. The summed E-state index contributed by atoms with van der Waals surface area (Å²) in [5.41, 5.74) is 0. The predicted molar refractivity (Wildman–Crippen MR) is 220 cm³/mol. The Morgan fingerprint density at radius 3 is 1.80 bits per heavy atom. The zero-order chi connectivity index (χ0) is 38.8. The quantitative estimate of drug-likeness (QED) is 0.0534. The van der Waals surface area contributed by atoms with Crippen molar-refractivity contribution in [3.63, 3.8) is 0 Å². The maximum Gasteiger partial charge on any atom is 0.303 e. The van der Waals surface area contributed by atoms with Crippen molar-refractivity contribution >= 4 is 36.7 Å². The van der Waals surface area contributed by atoms with Gasteiger partial charge >= 0.3 is 5.97 Å². The fraction of sp³-hybridized carbons (Fsp3) is 0.854. The van der Waals surface area contributed by atoms with Crippen molar-refractivity contribution in [2.75, 3.05) is 6.61 Å². The van der Waals surface area contributed by atoms with Gasteiger partial charge in [-0.25, -0.2) is 0 Å². The van der Waals surface area contributed by atoms with Crippen LogP contribution in [0.1, 0.15) is 134 Å². The van der Waals surface area contributed by atoms with Crippen LogP contribution in [0.5, 0.6) is 0 Å². The van der Waals surface area contributed by atoms with Gasteiger partial charge in [0, 0.05) is 19.3 Å². The number of hydrogen-bond donors (Lipinski definition) is 0. The molecule has 1 saturated carbocycles. The number of carbonyl (C=O) groups is 2. The van der Waals surface area contributed by atoms with E-state index in [1.165, 1.54) is 26.2 Å². The number of allylic oxidation sites excluding steroid dienone is 2. The van der Waals surface area contributed by atoms with Crippen LogP contribution in [0.25, 0.3) is 0 Å². The van der Waals surface area contributed by atoms with E-state index >= 15 is 0 Å². The number of hydrogen-bond acceptors (Lipinski definition) is 6. The summed E-state index contributed by atoms with van der Waals surface area (Å²) in [4.78, 5) is 23.2. The second-order valence-electron chi connectivity index (χ2n) is 19.5. The van der Waals surface area contributed by atoms with Crippen LogP contribution in [0.3, 0.4) is 0 Å². The molecule has 6 nitrogen and oxygen atoms in total. The summed E-state index contributed by atoms with van der Waals surface area (Å²) >= 11 is 0. The standard InChI is InChI=1S/C41H80O6Si3/c1-18-19-22-26-34(45-48(12,13)39(3,4)5)28-29-36-35(27-24-21-20-23-25-33(43)31-44-32(2)42)37(46-49(14,15)40(6,7)8)30-38(36)47-50(16,17)41(9,10)11/h21,24,28-29,34-38H,18-20,22-23,25-27,30-31H2,1-17H3/b24-21-,29-28+/t34-,35+,36+,37-,38+/m0/s1. The molecule has 9 heteroatoms. The van der Waals surface area contributed by atoms with Gasteiger partial charge in [0.25, 0.3) is 0 Å². The third-order valence-electron chi connectivity index (χ3n) is 12.1. The second-order valence-corrected chi connectivity index (χ2v) is 33.8. The largest absolute Gasteiger partial charge is 0.458 e.